The molecule has 1 atom stereocenters. The maximum atomic E-state index is 11.5. The first-order valence-corrected chi connectivity index (χ1v) is 7.16. The summed E-state index contributed by atoms with van der Waals surface area (Å²) < 4.78 is 29.8. The molecule has 0 saturated heterocycles. The second-order valence-electron chi connectivity index (χ2n) is 3.53. The summed E-state index contributed by atoms with van der Waals surface area (Å²) in [4.78, 5) is 22.2. The number of esters is 1. The van der Waals surface area contributed by atoms with Crippen molar-refractivity contribution in [2.24, 2.45) is 0 Å². The minimum Gasteiger partial charge on any atom is -0.466 e. The lowest BCUT2D eigenvalue weighted by molar-refractivity contribution is -0.142. The first kappa shape index (κ1) is 16.1. The van der Waals surface area contributed by atoms with E-state index in [2.05, 4.69) is 9.46 Å². The van der Waals surface area contributed by atoms with Gasteiger partial charge in [-0.1, -0.05) is 6.92 Å². The molecule has 0 aromatic carbocycles. The monoisotopic (exact) mass is 265 g/mol. The summed E-state index contributed by atoms with van der Waals surface area (Å²) >= 11 is 0. The number of hydrogen-bond donors (Lipinski definition) is 1. The third kappa shape index (κ3) is 7.06. The zero-order valence-corrected chi connectivity index (χ0v) is 11.2. The number of carbonyl (C=O) groups excluding carboxylic acids is 2. The largest absolute Gasteiger partial charge is 0.466 e. The molecule has 0 amide bonds. The number of hydrogen-bond acceptors (Lipinski definition) is 5. The molecule has 0 aromatic rings. The van der Waals surface area contributed by atoms with Crippen LogP contribution in [0.5, 0.6) is 0 Å². The first-order chi connectivity index (χ1) is 7.82. The number of ether oxygens (including phenoxy) is 1. The van der Waals surface area contributed by atoms with E-state index in [0.29, 0.717) is 0 Å². The SMILES string of the molecule is CCOC(=O)CCS(=O)(=O)NC(C)C(=O)CC. The van der Waals surface area contributed by atoms with Gasteiger partial charge in [0.25, 0.3) is 0 Å². The molecular formula is C10H19NO5S. The Labute approximate surface area is 102 Å². The Morgan fingerprint density at radius 2 is 1.88 bits per heavy atom. The van der Waals surface area contributed by atoms with Gasteiger partial charge >= 0.3 is 5.97 Å². The number of nitrogens with one attached hydrogen (secondary N) is 1. The summed E-state index contributed by atoms with van der Waals surface area (Å²) in [6.45, 7) is 5.00. The molecule has 0 aliphatic heterocycles. The molecule has 0 aromatic heterocycles. The van der Waals surface area contributed by atoms with E-state index in [0.717, 1.165) is 0 Å². The van der Waals surface area contributed by atoms with E-state index in [9.17, 15) is 18.0 Å². The average Bonchev–Trinajstić information content (AvgIpc) is 2.25. The predicted molar refractivity (Wildman–Crippen MR) is 62.9 cm³/mol. The lowest BCUT2D eigenvalue weighted by Crippen LogP contribution is -2.39. The minimum absolute atomic E-state index is 0.190. The van der Waals surface area contributed by atoms with Crippen LogP contribution in [-0.2, 0) is 24.3 Å². The van der Waals surface area contributed by atoms with Gasteiger partial charge in [0.1, 0.15) is 5.78 Å². The Hall–Kier alpha value is -0.950. The molecule has 0 rings (SSSR count). The summed E-state index contributed by atoms with van der Waals surface area (Å²) in [5, 5.41) is 0. The van der Waals surface area contributed by atoms with Gasteiger partial charge in [-0.2, -0.15) is 0 Å². The molecule has 0 aliphatic rings. The molecule has 6 nitrogen and oxygen atoms in total. The fourth-order valence-corrected chi connectivity index (χ4v) is 2.37. The van der Waals surface area contributed by atoms with Gasteiger partial charge in [0.05, 0.1) is 24.8 Å². The molecule has 0 aliphatic carbocycles. The zero-order valence-electron chi connectivity index (χ0n) is 10.4. The third-order valence-electron chi connectivity index (χ3n) is 2.07. The van der Waals surface area contributed by atoms with Crippen LogP contribution in [0.1, 0.15) is 33.6 Å². The predicted octanol–water partition coefficient (Wildman–Crippen LogP) is 0.227. The number of carbonyl (C=O) groups is 2. The molecule has 1 unspecified atom stereocenters. The highest BCUT2D eigenvalue weighted by Gasteiger charge is 2.20. The lowest BCUT2D eigenvalue weighted by atomic mass is 10.2. The Morgan fingerprint density at radius 1 is 1.29 bits per heavy atom. The summed E-state index contributed by atoms with van der Waals surface area (Å²) in [6, 6.07) is -0.757. The molecule has 7 heteroatoms. The van der Waals surface area contributed by atoms with Crippen LogP contribution in [0.25, 0.3) is 0 Å². The van der Waals surface area contributed by atoms with Crippen LogP contribution in [0.3, 0.4) is 0 Å². The van der Waals surface area contributed by atoms with Crippen LogP contribution in [0.4, 0.5) is 0 Å². The highest BCUT2D eigenvalue weighted by Crippen LogP contribution is 1.97. The van der Waals surface area contributed by atoms with E-state index in [1.165, 1.54) is 6.92 Å². The molecule has 0 bridgehead atoms. The van der Waals surface area contributed by atoms with E-state index in [-0.39, 0.29) is 31.0 Å². The Bertz CT molecular complexity index is 363. The van der Waals surface area contributed by atoms with Gasteiger partial charge in [0.15, 0.2) is 0 Å². The molecule has 0 fully saturated rings. The molecule has 0 saturated carbocycles. The van der Waals surface area contributed by atoms with E-state index < -0.39 is 22.0 Å². The van der Waals surface area contributed by atoms with Gasteiger partial charge in [-0.3, -0.25) is 9.59 Å². The fraction of sp³-hybridized carbons (Fsp3) is 0.800. The number of Topliss-reactive ketones (excluding diaryl/α,β-unsaturated/α-hetero) is 1. The Kier molecular flexibility index (Phi) is 6.98. The minimum atomic E-state index is -3.62. The van der Waals surface area contributed by atoms with Crippen molar-refractivity contribution >= 4 is 21.8 Å². The molecular weight excluding hydrogens is 246 g/mol. The van der Waals surface area contributed by atoms with Crippen molar-refractivity contribution in [2.45, 2.75) is 39.7 Å². The van der Waals surface area contributed by atoms with E-state index in [4.69, 9.17) is 0 Å². The molecule has 0 radical (unpaired) electrons. The summed E-state index contributed by atoms with van der Waals surface area (Å²) in [5.41, 5.74) is 0. The van der Waals surface area contributed by atoms with Gasteiger partial charge in [-0.25, -0.2) is 13.1 Å². The van der Waals surface area contributed by atoms with Crippen molar-refractivity contribution in [1.82, 2.24) is 4.72 Å². The van der Waals surface area contributed by atoms with E-state index in [1.807, 2.05) is 0 Å². The Balaban J connectivity index is 4.21. The van der Waals surface area contributed by atoms with Crippen molar-refractivity contribution in [2.75, 3.05) is 12.4 Å². The summed E-state index contributed by atoms with van der Waals surface area (Å²) in [6.07, 6.45) is 0.0533. The third-order valence-corrected chi connectivity index (χ3v) is 3.52. The van der Waals surface area contributed by atoms with Crippen LogP contribution >= 0.6 is 0 Å². The van der Waals surface area contributed by atoms with Crippen LogP contribution in [0.2, 0.25) is 0 Å². The van der Waals surface area contributed by atoms with Gasteiger partial charge in [0, 0.05) is 6.42 Å². The van der Waals surface area contributed by atoms with Crippen molar-refractivity contribution in [1.29, 1.82) is 0 Å². The first-order valence-electron chi connectivity index (χ1n) is 5.50. The molecule has 0 heterocycles. The fourth-order valence-electron chi connectivity index (χ4n) is 1.15. The quantitative estimate of drug-likeness (QED) is 0.634. The van der Waals surface area contributed by atoms with Crippen LogP contribution in [0.15, 0.2) is 0 Å². The van der Waals surface area contributed by atoms with E-state index >= 15 is 0 Å². The van der Waals surface area contributed by atoms with Crippen LogP contribution < -0.4 is 4.72 Å². The standard InChI is InChI=1S/C10H19NO5S/c1-4-9(12)8(3)11-17(14,15)7-6-10(13)16-5-2/h8,11H,4-7H2,1-3H3. The normalized spacial score (nSPS) is 13.1. The highest BCUT2D eigenvalue weighted by atomic mass is 32.2. The van der Waals surface area contributed by atoms with Gasteiger partial charge in [0.2, 0.25) is 10.0 Å². The molecule has 100 valence electrons. The maximum absolute atomic E-state index is 11.5. The maximum Gasteiger partial charge on any atom is 0.306 e. The second kappa shape index (κ2) is 7.39. The van der Waals surface area contributed by atoms with Crippen molar-refractivity contribution < 1.29 is 22.7 Å². The van der Waals surface area contributed by atoms with Crippen molar-refractivity contribution in [3.05, 3.63) is 0 Å². The number of rotatable bonds is 8. The van der Waals surface area contributed by atoms with E-state index in [1.54, 1.807) is 13.8 Å². The van der Waals surface area contributed by atoms with Crippen molar-refractivity contribution in [3.63, 3.8) is 0 Å². The molecule has 1 N–H and O–H groups in total. The van der Waals surface area contributed by atoms with Crippen LogP contribution in [-0.4, -0.2) is 38.6 Å². The summed E-state index contributed by atoms with van der Waals surface area (Å²) in [5.74, 6) is -1.12. The van der Waals surface area contributed by atoms with Crippen molar-refractivity contribution in [3.8, 4) is 0 Å². The molecule has 17 heavy (non-hydrogen) atoms. The van der Waals surface area contributed by atoms with Gasteiger partial charge in [-0.15, -0.1) is 0 Å². The summed E-state index contributed by atoms with van der Waals surface area (Å²) in [7, 11) is -3.62. The smallest absolute Gasteiger partial charge is 0.306 e. The average molecular weight is 265 g/mol. The zero-order chi connectivity index (χ0) is 13.5. The topological polar surface area (TPSA) is 89.5 Å². The highest BCUT2D eigenvalue weighted by molar-refractivity contribution is 7.89. The number of sulfonamides is 1. The second-order valence-corrected chi connectivity index (χ2v) is 5.41. The van der Waals surface area contributed by atoms with Crippen LogP contribution in [0, 0.1) is 0 Å². The number of ketones is 1. The van der Waals surface area contributed by atoms with Gasteiger partial charge in [-0.05, 0) is 13.8 Å². The van der Waals surface area contributed by atoms with Gasteiger partial charge < -0.3 is 4.74 Å². The molecule has 0 spiro atoms. The Morgan fingerprint density at radius 3 is 2.35 bits per heavy atom. The lowest BCUT2D eigenvalue weighted by Gasteiger charge is -2.11.